The van der Waals surface area contributed by atoms with E-state index in [4.69, 9.17) is 0 Å². The standard InChI is InChI=1S/C14H15FN4O/c1-10-5-6-13(19-18-10)16-7-8-17-14(20)11-3-2-4-12(15)9-11/h2-6,9H,7-8H2,1H3,(H,16,19)(H,17,20). The van der Waals surface area contributed by atoms with Crippen LogP contribution in [0.2, 0.25) is 0 Å². The molecule has 0 spiro atoms. The molecule has 1 heterocycles. The Morgan fingerprint density at radius 1 is 1.20 bits per heavy atom. The lowest BCUT2D eigenvalue weighted by Crippen LogP contribution is -2.29. The van der Waals surface area contributed by atoms with E-state index in [1.54, 1.807) is 6.07 Å². The van der Waals surface area contributed by atoms with Gasteiger partial charge in [-0.3, -0.25) is 4.79 Å². The summed E-state index contributed by atoms with van der Waals surface area (Å²) in [7, 11) is 0. The van der Waals surface area contributed by atoms with Crippen LogP contribution in [0, 0.1) is 12.7 Å². The number of hydrogen-bond donors (Lipinski definition) is 2. The zero-order valence-corrected chi connectivity index (χ0v) is 11.1. The van der Waals surface area contributed by atoms with Crippen LogP contribution < -0.4 is 10.6 Å². The van der Waals surface area contributed by atoms with Crippen LogP contribution >= 0.6 is 0 Å². The number of halogens is 1. The second-order valence-electron chi connectivity index (χ2n) is 4.25. The van der Waals surface area contributed by atoms with Crippen LogP contribution in [0.25, 0.3) is 0 Å². The normalized spacial score (nSPS) is 10.1. The van der Waals surface area contributed by atoms with E-state index in [-0.39, 0.29) is 5.91 Å². The summed E-state index contributed by atoms with van der Waals surface area (Å²) in [6, 6.07) is 9.24. The summed E-state index contributed by atoms with van der Waals surface area (Å²) in [5.41, 5.74) is 1.15. The Balaban J connectivity index is 1.76. The first-order valence-corrected chi connectivity index (χ1v) is 6.23. The molecule has 0 atom stereocenters. The van der Waals surface area contributed by atoms with Gasteiger partial charge in [-0.05, 0) is 37.3 Å². The summed E-state index contributed by atoms with van der Waals surface area (Å²) < 4.78 is 13.0. The summed E-state index contributed by atoms with van der Waals surface area (Å²) in [5, 5.41) is 13.6. The Hall–Kier alpha value is -2.50. The maximum absolute atomic E-state index is 13.0. The van der Waals surface area contributed by atoms with E-state index < -0.39 is 5.82 Å². The van der Waals surface area contributed by atoms with Crippen molar-refractivity contribution in [3.8, 4) is 0 Å². The van der Waals surface area contributed by atoms with Gasteiger partial charge in [-0.2, -0.15) is 5.10 Å². The number of rotatable bonds is 5. The van der Waals surface area contributed by atoms with Crippen LogP contribution in [0.5, 0.6) is 0 Å². The van der Waals surface area contributed by atoms with Gasteiger partial charge in [0.15, 0.2) is 0 Å². The molecule has 20 heavy (non-hydrogen) atoms. The van der Waals surface area contributed by atoms with E-state index in [9.17, 15) is 9.18 Å². The van der Waals surface area contributed by atoms with Gasteiger partial charge in [0.2, 0.25) is 0 Å². The highest BCUT2D eigenvalue weighted by atomic mass is 19.1. The molecule has 2 rings (SSSR count). The van der Waals surface area contributed by atoms with Crippen LogP contribution in [0.15, 0.2) is 36.4 Å². The minimum Gasteiger partial charge on any atom is -0.367 e. The number of carbonyl (C=O) groups is 1. The van der Waals surface area contributed by atoms with Gasteiger partial charge in [-0.25, -0.2) is 4.39 Å². The average molecular weight is 274 g/mol. The van der Waals surface area contributed by atoms with Gasteiger partial charge in [0.1, 0.15) is 11.6 Å². The largest absolute Gasteiger partial charge is 0.367 e. The lowest BCUT2D eigenvalue weighted by molar-refractivity contribution is 0.0954. The topological polar surface area (TPSA) is 66.9 Å². The van der Waals surface area contributed by atoms with Crippen molar-refractivity contribution in [2.24, 2.45) is 0 Å². The maximum atomic E-state index is 13.0. The lowest BCUT2D eigenvalue weighted by Gasteiger charge is -2.07. The molecule has 0 saturated heterocycles. The van der Waals surface area contributed by atoms with Crippen LogP contribution in [-0.2, 0) is 0 Å². The van der Waals surface area contributed by atoms with Crippen LogP contribution in [0.4, 0.5) is 10.2 Å². The number of anilines is 1. The highest BCUT2D eigenvalue weighted by molar-refractivity contribution is 5.94. The molecule has 0 aliphatic carbocycles. The fraction of sp³-hybridized carbons (Fsp3) is 0.214. The summed E-state index contributed by atoms with van der Waals surface area (Å²) in [4.78, 5) is 11.7. The molecule has 2 N–H and O–H groups in total. The van der Waals surface area contributed by atoms with E-state index in [0.717, 1.165) is 5.69 Å². The highest BCUT2D eigenvalue weighted by Crippen LogP contribution is 2.03. The Kier molecular flexibility index (Phi) is 4.60. The van der Waals surface area contributed by atoms with E-state index in [0.29, 0.717) is 24.5 Å². The monoisotopic (exact) mass is 274 g/mol. The Labute approximate surface area is 116 Å². The van der Waals surface area contributed by atoms with Gasteiger partial charge >= 0.3 is 0 Å². The quantitative estimate of drug-likeness (QED) is 0.815. The van der Waals surface area contributed by atoms with Gasteiger partial charge in [0.25, 0.3) is 5.91 Å². The third-order valence-electron chi connectivity index (χ3n) is 2.60. The van der Waals surface area contributed by atoms with E-state index in [2.05, 4.69) is 20.8 Å². The molecular weight excluding hydrogens is 259 g/mol. The molecule has 0 radical (unpaired) electrons. The molecule has 6 heteroatoms. The van der Waals surface area contributed by atoms with Crippen molar-refractivity contribution in [2.45, 2.75) is 6.92 Å². The molecule has 2 aromatic rings. The number of hydrogen-bond acceptors (Lipinski definition) is 4. The van der Waals surface area contributed by atoms with Crippen LogP contribution in [-0.4, -0.2) is 29.2 Å². The molecule has 1 amide bonds. The zero-order chi connectivity index (χ0) is 14.4. The summed E-state index contributed by atoms with van der Waals surface area (Å²) >= 11 is 0. The zero-order valence-electron chi connectivity index (χ0n) is 11.1. The van der Waals surface area contributed by atoms with Crippen molar-refractivity contribution in [2.75, 3.05) is 18.4 Å². The average Bonchev–Trinajstić information content (AvgIpc) is 2.45. The number of carbonyl (C=O) groups excluding carboxylic acids is 1. The summed E-state index contributed by atoms with van der Waals surface area (Å²) in [6.07, 6.45) is 0. The van der Waals surface area contributed by atoms with E-state index in [1.807, 2.05) is 19.1 Å². The molecular formula is C14H15FN4O. The number of amides is 1. The Morgan fingerprint density at radius 2 is 2.05 bits per heavy atom. The van der Waals surface area contributed by atoms with Gasteiger partial charge in [-0.15, -0.1) is 5.10 Å². The molecule has 0 saturated carbocycles. The number of aromatic nitrogens is 2. The van der Waals surface area contributed by atoms with Crippen molar-refractivity contribution < 1.29 is 9.18 Å². The van der Waals surface area contributed by atoms with Crippen molar-refractivity contribution in [3.63, 3.8) is 0 Å². The third-order valence-corrected chi connectivity index (χ3v) is 2.60. The van der Waals surface area contributed by atoms with Gasteiger partial charge in [-0.1, -0.05) is 6.07 Å². The Bertz CT molecular complexity index is 586. The van der Waals surface area contributed by atoms with E-state index in [1.165, 1.54) is 18.2 Å². The predicted octanol–water partition coefficient (Wildman–Crippen LogP) is 1.77. The fourth-order valence-electron chi connectivity index (χ4n) is 1.59. The second kappa shape index (κ2) is 6.60. The molecule has 0 aliphatic rings. The summed E-state index contributed by atoms with van der Waals surface area (Å²) in [5.74, 6) is -0.0809. The highest BCUT2D eigenvalue weighted by Gasteiger charge is 2.05. The number of benzene rings is 1. The van der Waals surface area contributed by atoms with Crippen molar-refractivity contribution in [1.82, 2.24) is 15.5 Å². The first-order valence-electron chi connectivity index (χ1n) is 6.23. The second-order valence-corrected chi connectivity index (χ2v) is 4.25. The minimum absolute atomic E-state index is 0.304. The lowest BCUT2D eigenvalue weighted by atomic mass is 10.2. The third kappa shape index (κ3) is 4.01. The predicted molar refractivity (Wildman–Crippen MR) is 74.0 cm³/mol. The molecule has 5 nitrogen and oxygen atoms in total. The van der Waals surface area contributed by atoms with Crippen molar-refractivity contribution in [1.29, 1.82) is 0 Å². The molecule has 0 fully saturated rings. The molecule has 0 bridgehead atoms. The molecule has 0 aliphatic heterocycles. The number of aryl methyl sites for hydroxylation is 1. The molecule has 104 valence electrons. The Morgan fingerprint density at radius 3 is 2.75 bits per heavy atom. The molecule has 1 aromatic carbocycles. The molecule has 1 aromatic heterocycles. The number of nitrogens with zero attached hydrogens (tertiary/aromatic N) is 2. The smallest absolute Gasteiger partial charge is 0.251 e. The minimum atomic E-state index is -0.425. The van der Waals surface area contributed by atoms with Crippen molar-refractivity contribution in [3.05, 3.63) is 53.5 Å². The van der Waals surface area contributed by atoms with Gasteiger partial charge in [0.05, 0.1) is 5.69 Å². The first-order chi connectivity index (χ1) is 9.65. The van der Waals surface area contributed by atoms with E-state index >= 15 is 0 Å². The first kappa shape index (κ1) is 13.9. The van der Waals surface area contributed by atoms with Gasteiger partial charge in [0, 0.05) is 18.7 Å². The maximum Gasteiger partial charge on any atom is 0.251 e. The van der Waals surface area contributed by atoms with Crippen LogP contribution in [0.3, 0.4) is 0 Å². The summed E-state index contributed by atoms with van der Waals surface area (Å²) in [6.45, 7) is 2.78. The SMILES string of the molecule is Cc1ccc(NCCNC(=O)c2cccc(F)c2)nn1. The number of nitrogens with one attached hydrogen (secondary N) is 2. The fourth-order valence-corrected chi connectivity index (χ4v) is 1.59. The van der Waals surface area contributed by atoms with Crippen molar-refractivity contribution >= 4 is 11.7 Å². The van der Waals surface area contributed by atoms with Crippen LogP contribution in [0.1, 0.15) is 16.1 Å². The molecule has 0 unspecified atom stereocenters. The van der Waals surface area contributed by atoms with Gasteiger partial charge < -0.3 is 10.6 Å².